The van der Waals surface area contributed by atoms with Crippen LogP contribution in [0.2, 0.25) is 0 Å². The van der Waals surface area contributed by atoms with Crippen LogP contribution in [0.15, 0.2) is 24.3 Å². The molecule has 0 aliphatic carbocycles. The van der Waals surface area contributed by atoms with Gasteiger partial charge in [-0.3, -0.25) is 4.79 Å². The lowest BCUT2D eigenvalue weighted by Gasteiger charge is -2.34. The number of thiazole rings is 1. The number of nitrogens with zero attached hydrogens (tertiary/aromatic N) is 2. The van der Waals surface area contributed by atoms with Gasteiger partial charge >= 0.3 is 5.97 Å². The predicted molar refractivity (Wildman–Crippen MR) is 87.5 cm³/mol. The zero-order chi connectivity index (χ0) is 16.6. The normalized spacial score (nSPS) is 17.0. The van der Waals surface area contributed by atoms with E-state index in [2.05, 4.69) is 4.98 Å². The minimum absolute atomic E-state index is 0.155. The Bertz CT molecular complexity index is 769. The van der Waals surface area contributed by atoms with Gasteiger partial charge in [0, 0.05) is 11.4 Å². The average molecular weight is 330 g/mol. The number of carboxylic acid groups (broad SMARTS) is 1. The van der Waals surface area contributed by atoms with Crippen molar-refractivity contribution in [1.29, 1.82) is 0 Å². The molecule has 1 N–H and O–H groups in total. The number of carbonyl (C=O) groups is 2. The SMILES string of the molecule is Cc1nc(CC(=O)N2CCc3ccccc3C2C(=O)O)c(C)s1. The van der Waals surface area contributed by atoms with Crippen molar-refractivity contribution >= 4 is 23.2 Å². The summed E-state index contributed by atoms with van der Waals surface area (Å²) in [4.78, 5) is 31.3. The maximum atomic E-state index is 12.7. The molecule has 0 saturated carbocycles. The van der Waals surface area contributed by atoms with E-state index in [0.29, 0.717) is 18.5 Å². The fraction of sp³-hybridized carbons (Fsp3) is 0.353. The molecule has 1 amide bonds. The van der Waals surface area contributed by atoms with Crippen molar-refractivity contribution in [2.24, 2.45) is 0 Å². The Morgan fingerprint density at radius 1 is 1.35 bits per heavy atom. The molecule has 1 aromatic carbocycles. The maximum Gasteiger partial charge on any atom is 0.331 e. The number of carbonyl (C=O) groups excluding carboxylic acids is 1. The molecule has 6 heteroatoms. The van der Waals surface area contributed by atoms with Crippen molar-refractivity contribution in [3.63, 3.8) is 0 Å². The van der Waals surface area contributed by atoms with Gasteiger partial charge in [-0.2, -0.15) is 0 Å². The van der Waals surface area contributed by atoms with Crippen LogP contribution in [-0.4, -0.2) is 33.4 Å². The van der Waals surface area contributed by atoms with Crippen LogP contribution in [0.25, 0.3) is 0 Å². The van der Waals surface area contributed by atoms with E-state index >= 15 is 0 Å². The lowest BCUT2D eigenvalue weighted by molar-refractivity contribution is -0.151. The summed E-state index contributed by atoms with van der Waals surface area (Å²) in [6, 6.07) is 6.53. The van der Waals surface area contributed by atoms with Crippen LogP contribution in [0.4, 0.5) is 0 Å². The minimum atomic E-state index is -0.989. The number of hydrogen-bond acceptors (Lipinski definition) is 4. The molecule has 120 valence electrons. The zero-order valence-corrected chi connectivity index (χ0v) is 13.9. The molecule has 23 heavy (non-hydrogen) atoms. The van der Waals surface area contributed by atoms with Gasteiger partial charge in [0.25, 0.3) is 0 Å². The Kier molecular flexibility index (Phi) is 4.17. The molecule has 0 fully saturated rings. The van der Waals surface area contributed by atoms with Gasteiger partial charge in [0.05, 0.1) is 17.1 Å². The van der Waals surface area contributed by atoms with Crippen LogP contribution in [0, 0.1) is 13.8 Å². The molecule has 0 saturated heterocycles. The largest absolute Gasteiger partial charge is 0.479 e. The third-order valence-electron chi connectivity index (χ3n) is 4.16. The highest BCUT2D eigenvalue weighted by molar-refractivity contribution is 7.11. The molecule has 0 spiro atoms. The van der Waals surface area contributed by atoms with Crippen molar-refractivity contribution in [2.45, 2.75) is 32.7 Å². The summed E-state index contributed by atoms with van der Waals surface area (Å²) >= 11 is 1.56. The lowest BCUT2D eigenvalue weighted by Crippen LogP contribution is -2.44. The van der Waals surface area contributed by atoms with Crippen molar-refractivity contribution in [3.05, 3.63) is 51.0 Å². The Morgan fingerprint density at radius 3 is 2.74 bits per heavy atom. The molecule has 1 aliphatic rings. The molecule has 2 aromatic rings. The predicted octanol–water partition coefficient (Wildman–Crippen LogP) is 2.51. The third-order valence-corrected chi connectivity index (χ3v) is 5.08. The second-order valence-electron chi connectivity index (χ2n) is 5.69. The molecule has 1 aromatic heterocycles. The molecule has 1 unspecified atom stereocenters. The van der Waals surface area contributed by atoms with Gasteiger partial charge in [-0.05, 0) is 31.4 Å². The standard InChI is InChI=1S/C17H18N2O3S/c1-10-14(18-11(2)23-10)9-15(20)19-8-7-12-5-3-4-6-13(12)16(19)17(21)22/h3-6,16H,7-9H2,1-2H3,(H,21,22). The highest BCUT2D eigenvalue weighted by atomic mass is 32.1. The summed E-state index contributed by atoms with van der Waals surface area (Å²) in [6.07, 6.45) is 0.836. The van der Waals surface area contributed by atoms with Crippen LogP contribution in [0.1, 0.15) is 32.7 Å². The van der Waals surface area contributed by atoms with E-state index in [1.54, 1.807) is 17.4 Å². The van der Waals surface area contributed by atoms with E-state index in [9.17, 15) is 14.7 Å². The number of benzene rings is 1. The Hall–Kier alpha value is -2.21. The third kappa shape index (κ3) is 2.99. The fourth-order valence-corrected chi connectivity index (χ4v) is 3.92. The molecule has 1 aliphatic heterocycles. The number of aryl methyl sites for hydroxylation is 2. The van der Waals surface area contributed by atoms with Crippen LogP contribution in [0.3, 0.4) is 0 Å². The van der Waals surface area contributed by atoms with Crippen LogP contribution < -0.4 is 0 Å². The topological polar surface area (TPSA) is 70.5 Å². The Labute approximate surface area is 138 Å². The fourth-order valence-electron chi connectivity index (χ4n) is 3.08. The van der Waals surface area contributed by atoms with Gasteiger partial charge in [-0.1, -0.05) is 24.3 Å². The minimum Gasteiger partial charge on any atom is -0.479 e. The van der Waals surface area contributed by atoms with Gasteiger partial charge in [0.2, 0.25) is 5.91 Å². The van der Waals surface area contributed by atoms with Crippen molar-refractivity contribution < 1.29 is 14.7 Å². The first-order valence-corrected chi connectivity index (χ1v) is 8.32. The second kappa shape index (κ2) is 6.12. The number of aliphatic carboxylic acids is 1. The molecule has 0 bridgehead atoms. The first kappa shape index (κ1) is 15.7. The van der Waals surface area contributed by atoms with E-state index in [-0.39, 0.29) is 12.3 Å². The van der Waals surface area contributed by atoms with Crippen molar-refractivity contribution in [2.75, 3.05) is 6.54 Å². The first-order valence-electron chi connectivity index (χ1n) is 7.50. The monoisotopic (exact) mass is 330 g/mol. The van der Waals surface area contributed by atoms with Crippen molar-refractivity contribution in [1.82, 2.24) is 9.88 Å². The number of hydrogen-bond donors (Lipinski definition) is 1. The van der Waals surface area contributed by atoms with Gasteiger partial charge in [-0.25, -0.2) is 9.78 Å². The van der Waals surface area contributed by atoms with E-state index in [1.165, 1.54) is 4.90 Å². The number of fused-ring (bicyclic) bond motifs is 1. The smallest absolute Gasteiger partial charge is 0.331 e. The van der Waals surface area contributed by atoms with Crippen LogP contribution in [0.5, 0.6) is 0 Å². The summed E-state index contributed by atoms with van der Waals surface area (Å²) in [7, 11) is 0. The molecular weight excluding hydrogens is 312 g/mol. The van der Waals surface area contributed by atoms with E-state index < -0.39 is 12.0 Å². The summed E-state index contributed by atoms with van der Waals surface area (Å²) in [5.74, 6) is -1.17. The number of carboxylic acids is 1. The Balaban J connectivity index is 1.88. The molecule has 3 rings (SSSR count). The number of aromatic nitrogens is 1. The van der Waals surface area contributed by atoms with E-state index in [1.807, 2.05) is 32.0 Å². The molecule has 5 nitrogen and oxygen atoms in total. The van der Waals surface area contributed by atoms with Crippen molar-refractivity contribution in [3.8, 4) is 0 Å². The molecule has 2 heterocycles. The maximum absolute atomic E-state index is 12.7. The summed E-state index contributed by atoms with van der Waals surface area (Å²) < 4.78 is 0. The zero-order valence-electron chi connectivity index (χ0n) is 13.1. The lowest BCUT2D eigenvalue weighted by atomic mass is 9.92. The van der Waals surface area contributed by atoms with Crippen LogP contribution >= 0.6 is 11.3 Å². The van der Waals surface area contributed by atoms with Gasteiger partial charge in [-0.15, -0.1) is 11.3 Å². The summed E-state index contributed by atoms with van der Waals surface area (Å²) in [5.41, 5.74) is 2.47. The second-order valence-corrected chi connectivity index (χ2v) is 7.10. The van der Waals surface area contributed by atoms with Gasteiger partial charge in [0.1, 0.15) is 0 Å². The summed E-state index contributed by atoms with van der Waals surface area (Å²) in [5, 5.41) is 10.5. The highest BCUT2D eigenvalue weighted by Crippen LogP contribution is 2.30. The molecule has 0 radical (unpaired) electrons. The first-order chi connectivity index (χ1) is 11.0. The average Bonchev–Trinajstić information content (AvgIpc) is 2.83. The van der Waals surface area contributed by atoms with Gasteiger partial charge < -0.3 is 10.0 Å². The van der Waals surface area contributed by atoms with E-state index in [0.717, 1.165) is 21.1 Å². The Morgan fingerprint density at radius 2 is 2.09 bits per heavy atom. The molecular formula is C17H18N2O3S. The van der Waals surface area contributed by atoms with E-state index in [4.69, 9.17) is 0 Å². The highest BCUT2D eigenvalue weighted by Gasteiger charge is 2.35. The number of rotatable bonds is 3. The molecule has 1 atom stereocenters. The van der Waals surface area contributed by atoms with Crippen LogP contribution in [-0.2, 0) is 22.4 Å². The van der Waals surface area contributed by atoms with Gasteiger partial charge in [0.15, 0.2) is 6.04 Å². The number of amides is 1. The summed E-state index contributed by atoms with van der Waals surface area (Å²) in [6.45, 7) is 4.27. The quantitative estimate of drug-likeness (QED) is 0.939.